The number of hydrogen-bond acceptors (Lipinski definition) is 4. The Bertz CT molecular complexity index is 855. The van der Waals surface area contributed by atoms with Crippen molar-refractivity contribution in [1.29, 1.82) is 0 Å². The molecule has 2 aromatic carbocycles. The molecule has 5 nitrogen and oxygen atoms in total. The molecule has 2 atom stereocenters. The zero-order valence-corrected chi connectivity index (χ0v) is 17.3. The molecule has 0 saturated carbocycles. The smallest absolute Gasteiger partial charge is 0.286 e. The summed E-state index contributed by atoms with van der Waals surface area (Å²) in [4.78, 5) is 12.7. The van der Waals surface area contributed by atoms with Crippen molar-refractivity contribution in [1.82, 2.24) is 5.32 Å². The Hall–Kier alpha value is -2.41. The third-order valence-electron chi connectivity index (χ3n) is 4.80. The number of unbranched alkanes of at least 4 members (excludes halogenated alkanes) is 1. The molecule has 160 valence electrons. The molecule has 0 aromatic heterocycles. The van der Waals surface area contributed by atoms with Crippen LogP contribution in [-0.4, -0.2) is 30.5 Å². The van der Waals surface area contributed by atoms with Crippen molar-refractivity contribution in [3.8, 4) is 0 Å². The number of nitrogens with one attached hydrogen (secondary N) is 1. The van der Waals surface area contributed by atoms with Gasteiger partial charge in [0.05, 0.1) is 6.61 Å². The van der Waals surface area contributed by atoms with Gasteiger partial charge in [-0.2, -0.15) is 0 Å². The number of rotatable bonds is 9. The maximum atomic E-state index is 13.0. The molecule has 0 radical (unpaired) electrons. The molecule has 0 fully saturated rings. The van der Waals surface area contributed by atoms with Crippen LogP contribution < -0.4 is 5.32 Å². The van der Waals surface area contributed by atoms with Crippen LogP contribution in [0.4, 0.5) is 4.39 Å². The number of benzene rings is 2. The van der Waals surface area contributed by atoms with E-state index >= 15 is 0 Å². The number of carbonyl (C=O) groups excluding carboxylic acids is 1. The minimum Gasteiger partial charge on any atom is -0.459 e. The van der Waals surface area contributed by atoms with Crippen LogP contribution in [0.2, 0.25) is 5.02 Å². The highest BCUT2D eigenvalue weighted by Crippen LogP contribution is 2.32. The summed E-state index contributed by atoms with van der Waals surface area (Å²) in [5, 5.41) is 12.4. The quantitative estimate of drug-likeness (QED) is 0.578. The van der Waals surface area contributed by atoms with E-state index in [1.165, 1.54) is 12.1 Å². The van der Waals surface area contributed by atoms with Gasteiger partial charge in [-0.25, -0.2) is 4.39 Å². The van der Waals surface area contributed by atoms with Gasteiger partial charge in [0.15, 0.2) is 5.76 Å². The Morgan fingerprint density at radius 2 is 1.90 bits per heavy atom. The SMILES string of the molecule is O=C(NCc1ccc(F)cc1)C1=C[C@H](c2ccc(Cl)cc2)C[C@H](OCCCCO)O1. The Labute approximate surface area is 180 Å². The number of aliphatic hydroxyl groups is 1. The molecule has 1 amide bonds. The summed E-state index contributed by atoms with van der Waals surface area (Å²) in [5.41, 5.74) is 1.79. The van der Waals surface area contributed by atoms with Gasteiger partial charge in [-0.15, -0.1) is 0 Å². The highest BCUT2D eigenvalue weighted by atomic mass is 35.5. The molecule has 3 rings (SSSR count). The largest absolute Gasteiger partial charge is 0.459 e. The van der Waals surface area contributed by atoms with Crippen molar-refractivity contribution < 1.29 is 23.8 Å². The van der Waals surface area contributed by atoms with Crippen LogP contribution in [0.5, 0.6) is 0 Å². The molecule has 0 aliphatic carbocycles. The Balaban J connectivity index is 1.68. The lowest BCUT2D eigenvalue weighted by atomic mass is 9.93. The minimum absolute atomic E-state index is 0.0644. The molecule has 1 aliphatic rings. The van der Waals surface area contributed by atoms with Gasteiger partial charge in [0, 0.05) is 30.5 Å². The van der Waals surface area contributed by atoms with Crippen molar-refractivity contribution in [2.24, 2.45) is 0 Å². The fourth-order valence-electron chi connectivity index (χ4n) is 3.16. The average Bonchev–Trinajstić information content (AvgIpc) is 2.76. The molecule has 2 N–H and O–H groups in total. The van der Waals surface area contributed by atoms with Gasteiger partial charge in [-0.1, -0.05) is 35.9 Å². The Kier molecular flexibility index (Phi) is 8.25. The van der Waals surface area contributed by atoms with Gasteiger partial charge in [0.25, 0.3) is 5.91 Å². The number of hydrogen-bond donors (Lipinski definition) is 2. The summed E-state index contributed by atoms with van der Waals surface area (Å²) < 4.78 is 24.6. The van der Waals surface area contributed by atoms with Crippen LogP contribution in [0.3, 0.4) is 0 Å². The lowest BCUT2D eigenvalue weighted by Crippen LogP contribution is -2.32. The fraction of sp³-hybridized carbons (Fsp3) is 0.348. The van der Waals surface area contributed by atoms with Crippen LogP contribution in [0.25, 0.3) is 0 Å². The molecule has 0 saturated heterocycles. The molecule has 1 heterocycles. The molecular formula is C23H25ClFNO4. The van der Waals surface area contributed by atoms with Gasteiger partial charge in [-0.05, 0) is 54.3 Å². The van der Waals surface area contributed by atoms with Crippen molar-refractivity contribution in [2.75, 3.05) is 13.2 Å². The predicted molar refractivity (Wildman–Crippen MR) is 112 cm³/mol. The van der Waals surface area contributed by atoms with Crippen LogP contribution in [0, 0.1) is 5.82 Å². The summed E-state index contributed by atoms with van der Waals surface area (Å²) in [7, 11) is 0. The average molecular weight is 434 g/mol. The fourth-order valence-corrected chi connectivity index (χ4v) is 3.29. The Morgan fingerprint density at radius 1 is 1.17 bits per heavy atom. The van der Waals surface area contributed by atoms with Crippen LogP contribution in [-0.2, 0) is 20.8 Å². The second kappa shape index (κ2) is 11.1. The monoisotopic (exact) mass is 433 g/mol. The summed E-state index contributed by atoms with van der Waals surface area (Å²) in [5.74, 6) is -0.557. The summed E-state index contributed by atoms with van der Waals surface area (Å²) in [6, 6.07) is 13.4. The van der Waals surface area contributed by atoms with E-state index in [9.17, 15) is 9.18 Å². The van der Waals surface area contributed by atoms with Crippen LogP contribution in [0.15, 0.2) is 60.4 Å². The molecule has 0 unspecified atom stereocenters. The maximum absolute atomic E-state index is 13.0. The predicted octanol–water partition coefficient (Wildman–Crippen LogP) is 4.30. The van der Waals surface area contributed by atoms with E-state index in [0.717, 1.165) is 11.1 Å². The normalized spacial score (nSPS) is 18.4. The molecule has 30 heavy (non-hydrogen) atoms. The zero-order valence-electron chi connectivity index (χ0n) is 16.5. The molecule has 7 heteroatoms. The van der Waals surface area contributed by atoms with Gasteiger partial charge in [0.1, 0.15) is 5.82 Å². The topological polar surface area (TPSA) is 67.8 Å². The first-order chi connectivity index (χ1) is 14.5. The van der Waals surface area contributed by atoms with Crippen molar-refractivity contribution >= 4 is 17.5 Å². The van der Waals surface area contributed by atoms with E-state index in [1.54, 1.807) is 18.2 Å². The zero-order chi connectivity index (χ0) is 21.3. The molecular weight excluding hydrogens is 409 g/mol. The molecule has 2 aromatic rings. The summed E-state index contributed by atoms with van der Waals surface area (Å²) >= 11 is 5.99. The number of aliphatic hydroxyl groups excluding tert-OH is 1. The van der Waals surface area contributed by atoms with E-state index in [0.29, 0.717) is 30.9 Å². The number of halogens is 2. The lowest BCUT2D eigenvalue weighted by molar-refractivity contribution is -0.146. The summed E-state index contributed by atoms with van der Waals surface area (Å²) in [6.45, 7) is 0.801. The molecule has 1 aliphatic heterocycles. The van der Waals surface area contributed by atoms with Gasteiger partial charge in [0.2, 0.25) is 6.29 Å². The number of ether oxygens (including phenoxy) is 2. The van der Waals surface area contributed by atoms with Crippen molar-refractivity contribution in [2.45, 2.75) is 38.0 Å². The first kappa shape index (κ1) is 22.3. The van der Waals surface area contributed by atoms with E-state index < -0.39 is 6.29 Å². The van der Waals surface area contributed by atoms with E-state index in [2.05, 4.69) is 5.32 Å². The van der Waals surface area contributed by atoms with Crippen molar-refractivity contribution in [3.05, 3.63) is 82.3 Å². The van der Waals surface area contributed by atoms with E-state index in [1.807, 2.05) is 24.3 Å². The molecule has 0 spiro atoms. The third-order valence-corrected chi connectivity index (χ3v) is 5.05. The number of carbonyl (C=O) groups is 1. The maximum Gasteiger partial charge on any atom is 0.286 e. The number of amides is 1. The Morgan fingerprint density at radius 3 is 2.60 bits per heavy atom. The van der Waals surface area contributed by atoms with Gasteiger partial charge >= 0.3 is 0 Å². The summed E-state index contributed by atoms with van der Waals surface area (Å²) in [6.07, 6.45) is 3.14. The first-order valence-corrected chi connectivity index (χ1v) is 10.3. The van der Waals surface area contributed by atoms with Crippen LogP contribution >= 0.6 is 11.6 Å². The lowest BCUT2D eigenvalue weighted by Gasteiger charge is -2.29. The number of allylic oxidation sites excluding steroid dienone is 1. The minimum atomic E-state index is -0.569. The van der Waals surface area contributed by atoms with Crippen LogP contribution in [0.1, 0.15) is 36.3 Å². The highest BCUT2D eigenvalue weighted by Gasteiger charge is 2.28. The highest BCUT2D eigenvalue weighted by molar-refractivity contribution is 6.30. The molecule has 0 bridgehead atoms. The van der Waals surface area contributed by atoms with E-state index in [-0.39, 0.29) is 36.6 Å². The first-order valence-electron chi connectivity index (χ1n) is 9.94. The van der Waals surface area contributed by atoms with Gasteiger partial charge in [-0.3, -0.25) is 4.79 Å². The second-order valence-corrected chi connectivity index (χ2v) is 7.52. The standard InChI is InChI=1S/C23H25ClFNO4/c24-19-7-5-17(6-8-19)18-13-21(30-22(14-18)29-12-2-1-11-27)23(28)26-15-16-3-9-20(25)10-4-16/h3-10,13,18,22,27H,1-2,11-12,14-15H2,(H,26,28)/t18-,22+/m0/s1. The van der Waals surface area contributed by atoms with Crippen molar-refractivity contribution in [3.63, 3.8) is 0 Å². The third kappa shape index (κ3) is 6.55. The van der Waals surface area contributed by atoms with E-state index in [4.69, 9.17) is 26.2 Å². The second-order valence-electron chi connectivity index (χ2n) is 7.08. The van der Waals surface area contributed by atoms with Gasteiger partial charge < -0.3 is 19.9 Å².